The van der Waals surface area contributed by atoms with Crippen LogP contribution in [0.5, 0.6) is 0 Å². The first kappa shape index (κ1) is 55.7. The van der Waals surface area contributed by atoms with Crippen molar-refractivity contribution >= 4 is 100 Å². The second kappa shape index (κ2) is 22.4. The van der Waals surface area contributed by atoms with Crippen LogP contribution in [0.3, 0.4) is 0 Å². The summed E-state index contributed by atoms with van der Waals surface area (Å²) < 4.78 is 79.0. The first-order valence-electron chi connectivity index (χ1n) is 25.3. The second-order valence-electron chi connectivity index (χ2n) is 19.5. The number of hydrogen-bond acceptors (Lipinski definition) is 10. The molecule has 0 aliphatic carbocycles. The number of nitrogens with one attached hydrogen (secondary N) is 4. The standard InChI is InChI=1S/C20H20N2O3S.C20H18N2O3S.C11H13N.C9H6ClNO3S/c2*1-13(2)14-5-3-7-18-15(14)10-12-22(18)26(24,25)19-8-4-6-17-16(19)9-11-21-20(17)23;1-8(2)9-4-3-5-11-10(9)6-7-12-11;10-15(13,14)8-3-1-2-7-6(8)4-5-11-9(7)12/h3-9,11,13H,10,12H2,1-2H3,(H,21,23);3-9,11H,1,10,12H2,2H3,(H,21,23);3-5,12H,1,6-7H2,2H3;1-5H,(H,11,12). The number of nitrogens with zero attached hydrogens (tertiary/aromatic N) is 2. The number of aromatic amines is 3. The number of H-pyrrole nitrogens is 3. The summed E-state index contributed by atoms with van der Waals surface area (Å²) in [5.41, 5.74) is 10.9. The van der Waals surface area contributed by atoms with E-state index in [0.717, 1.165) is 46.5 Å². The number of fused-ring (bicyclic) bond motifs is 6. The largest absolute Gasteiger partial charge is 0.384 e. The summed E-state index contributed by atoms with van der Waals surface area (Å²) in [7, 11) is -6.12. The number of aromatic nitrogens is 3. The number of hydrogen-bond donors (Lipinski definition) is 4. The van der Waals surface area contributed by atoms with Gasteiger partial charge in [-0.2, -0.15) is 0 Å². The average molecular weight is 1140 g/mol. The van der Waals surface area contributed by atoms with Gasteiger partial charge >= 0.3 is 0 Å². The zero-order chi connectivity index (χ0) is 56.6. The van der Waals surface area contributed by atoms with Crippen molar-refractivity contribution in [3.05, 3.63) is 224 Å². The van der Waals surface area contributed by atoms with Gasteiger partial charge in [-0.1, -0.05) is 92.7 Å². The van der Waals surface area contributed by atoms with Crippen LogP contribution in [0.4, 0.5) is 17.1 Å². The van der Waals surface area contributed by atoms with Crippen molar-refractivity contribution in [2.75, 3.05) is 33.6 Å². The van der Waals surface area contributed by atoms with Crippen LogP contribution in [0.2, 0.25) is 0 Å². The van der Waals surface area contributed by atoms with E-state index in [9.17, 15) is 39.6 Å². The van der Waals surface area contributed by atoms with E-state index in [0.29, 0.717) is 69.9 Å². The molecule has 4 N–H and O–H groups in total. The molecule has 0 fully saturated rings. The Morgan fingerprint density at radius 2 is 0.899 bits per heavy atom. The molecule has 6 aromatic carbocycles. The van der Waals surface area contributed by atoms with Gasteiger partial charge < -0.3 is 20.3 Å². The second-order valence-corrected chi connectivity index (χ2v) is 25.7. The lowest BCUT2D eigenvalue weighted by Gasteiger charge is -2.21. The van der Waals surface area contributed by atoms with Crippen molar-refractivity contribution < 1.29 is 25.3 Å². The van der Waals surface area contributed by atoms with E-state index in [1.54, 1.807) is 54.6 Å². The Hall–Kier alpha value is -8.03. The maximum Gasteiger partial charge on any atom is 0.264 e. The molecule has 0 unspecified atom stereocenters. The van der Waals surface area contributed by atoms with E-state index in [4.69, 9.17) is 10.7 Å². The number of rotatable bonds is 8. The third-order valence-electron chi connectivity index (χ3n) is 14.1. The Bertz CT molecular complexity index is 4460. The molecular weight excluding hydrogens is 1080 g/mol. The third kappa shape index (κ3) is 10.9. The number of pyridine rings is 3. The maximum atomic E-state index is 13.4. The van der Waals surface area contributed by atoms with E-state index in [1.165, 1.54) is 67.8 Å². The number of allylic oxidation sites excluding steroid dienone is 2. The Kier molecular flexibility index (Phi) is 15.8. The first-order chi connectivity index (χ1) is 37.6. The highest BCUT2D eigenvalue weighted by Crippen LogP contribution is 2.40. The minimum atomic E-state index is -3.83. The van der Waals surface area contributed by atoms with Gasteiger partial charge in [0.15, 0.2) is 0 Å². The minimum absolute atomic E-state index is 0.0484. The SMILES string of the molecule is C=C(C)c1cccc2c1CCN2.C=C(C)c1cccc2c1CCN2S(=O)(=O)c1cccc2c(=O)[nH]ccc12.CC(C)c1cccc2c1CCN2S(=O)(=O)c1cccc2c(=O)[nH]ccc12.O=c1[nH]ccc2c(S(=O)(=O)Cl)cccc12. The summed E-state index contributed by atoms with van der Waals surface area (Å²) in [5, 5.41) is 5.61. The normalized spacial score (nSPS) is 13.5. The maximum absolute atomic E-state index is 13.4. The van der Waals surface area contributed by atoms with E-state index in [2.05, 4.69) is 78.5 Å². The fourth-order valence-electron chi connectivity index (χ4n) is 10.5. The van der Waals surface area contributed by atoms with Crippen LogP contribution in [0, 0.1) is 0 Å². The summed E-state index contributed by atoms with van der Waals surface area (Å²) in [6.45, 7) is 18.0. The fraction of sp³-hybridized carbons (Fsp3) is 0.183. The van der Waals surface area contributed by atoms with Crippen LogP contribution in [0.1, 0.15) is 67.0 Å². The summed E-state index contributed by atoms with van der Waals surface area (Å²) in [6, 6.07) is 36.6. The zero-order valence-electron chi connectivity index (χ0n) is 43.8. The van der Waals surface area contributed by atoms with Crippen molar-refractivity contribution in [1.29, 1.82) is 0 Å². The molecule has 406 valence electrons. The molecule has 0 amide bonds. The van der Waals surface area contributed by atoms with Gasteiger partial charge in [-0.15, -0.1) is 0 Å². The van der Waals surface area contributed by atoms with E-state index >= 15 is 0 Å². The summed E-state index contributed by atoms with van der Waals surface area (Å²) >= 11 is 0. The van der Waals surface area contributed by atoms with Crippen LogP contribution in [0.15, 0.2) is 188 Å². The molecule has 6 heterocycles. The first-order valence-corrected chi connectivity index (χ1v) is 30.5. The highest BCUT2D eigenvalue weighted by Gasteiger charge is 2.35. The molecule has 0 radical (unpaired) electrons. The molecule has 3 aliphatic heterocycles. The van der Waals surface area contributed by atoms with Crippen LogP contribution < -0.4 is 30.6 Å². The van der Waals surface area contributed by atoms with E-state index in [-0.39, 0.29) is 31.4 Å². The molecule has 0 saturated heterocycles. The smallest absolute Gasteiger partial charge is 0.264 e. The molecule has 0 bridgehead atoms. The molecule has 19 heteroatoms. The van der Waals surface area contributed by atoms with Crippen molar-refractivity contribution in [3.63, 3.8) is 0 Å². The average Bonchev–Trinajstić information content (AvgIpc) is 4.44. The van der Waals surface area contributed by atoms with Crippen molar-refractivity contribution in [2.24, 2.45) is 0 Å². The van der Waals surface area contributed by atoms with Crippen LogP contribution >= 0.6 is 10.7 Å². The lowest BCUT2D eigenvalue weighted by molar-refractivity contribution is 0.591. The lowest BCUT2D eigenvalue weighted by Crippen LogP contribution is -2.29. The van der Waals surface area contributed by atoms with E-state index in [1.807, 2.05) is 37.3 Å². The summed E-state index contributed by atoms with van der Waals surface area (Å²) in [4.78, 5) is 43.3. The topological polar surface area (TPSA) is 220 Å². The Morgan fingerprint density at radius 3 is 1.37 bits per heavy atom. The summed E-state index contributed by atoms with van der Waals surface area (Å²) in [6.07, 6.45) is 6.82. The Balaban J connectivity index is 0.000000134. The van der Waals surface area contributed by atoms with Crippen molar-refractivity contribution in [3.8, 4) is 0 Å². The van der Waals surface area contributed by atoms with Gasteiger partial charge in [0, 0.05) is 86.9 Å². The minimum Gasteiger partial charge on any atom is -0.384 e. The lowest BCUT2D eigenvalue weighted by atomic mass is 9.96. The molecular formula is C60H57ClN6O9S3. The van der Waals surface area contributed by atoms with Crippen molar-refractivity contribution in [1.82, 2.24) is 15.0 Å². The summed E-state index contributed by atoms with van der Waals surface area (Å²) in [5.74, 6) is 0.337. The number of benzene rings is 6. The molecule has 12 rings (SSSR count). The zero-order valence-corrected chi connectivity index (χ0v) is 47.0. The van der Waals surface area contributed by atoms with Gasteiger partial charge in [0.25, 0.3) is 45.8 Å². The highest BCUT2D eigenvalue weighted by molar-refractivity contribution is 8.14. The fourth-order valence-corrected chi connectivity index (χ4v) is 15.0. The molecule has 3 aliphatic rings. The number of anilines is 3. The van der Waals surface area contributed by atoms with Gasteiger partial charge in [0.1, 0.15) is 0 Å². The van der Waals surface area contributed by atoms with Crippen LogP contribution in [-0.2, 0) is 48.4 Å². The van der Waals surface area contributed by atoms with Gasteiger partial charge in [-0.3, -0.25) is 23.0 Å². The van der Waals surface area contributed by atoms with Crippen LogP contribution in [-0.4, -0.2) is 59.8 Å². The predicted molar refractivity (Wildman–Crippen MR) is 318 cm³/mol. The Labute approximate surface area is 462 Å². The molecule has 3 aromatic heterocycles. The molecule has 79 heavy (non-hydrogen) atoms. The molecule has 9 aromatic rings. The van der Waals surface area contributed by atoms with Crippen LogP contribution in [0.25, 0.3) is 43.5 Å². The van der Waals surface area contributed by atoms with Gasteiger partial charge in [-0.05, 0) is 145 Å². The predicted octanol–water partition coefficient (Wildman–Crippen LogP) is 10.9. The Morgan fingerprint density at radius 1 is 0.494 bits per heavy atom. The van der Waals surface area contributed by atoms with Gasteiger partial charge in [0.05, 0.1) is 26.1 Å². The quantitative estimate of drug-likeness (QED) is 0.105. The molecule has 0 saturated carbocycles. The molecule has 0 atom stereocenters. The highest BCUT2D eigenvalue weighted by atomic mass is 35.7. The number of sulfonamides is 2. The number of halogens is 1. The molecule has 0 spiro atoms. The monoisotopic (exact) mass is 1140 g/mol. The van der Waals surface area contributed by atoms with Gasteiger partial charge in [0.2, 0.25) is 0 Å². The van der Waals surface area contributed by atoms with Crippen molar-refractivity contribution in [2.45, 2.75) is 67.6 Å². The van der Waals surface area contributed by atoms with E-state index < -0.39 is 29.1 Å². The van der Waals surface area contributed by atoms with Gasteiger partial charge in [-0.25, -0.2) is 25.3 Å². The third-order valence-corrected chi connectivity index (χ3v) is 19.3. The molecule has 15 nitrogen and oxygen atoms in total.